The molecule has 0 aliphatic rings. The third-order valence-electron chi connectivity index (χ3n) is 1.79. The molecule has 12 heavy (non-hydrogen) atoms. The molecule has 1 aromatic rings. The molecule has 62 valence electrons. The van der Waals surface area contributed by atoms with E-state index in [2.05, 4.69) is 6.07 Å². The molecule has 0 atom stereocenters. The number of rotatable bonds is 2. The lowest BCUT2D eigenvalue weighted by Crippen LogP contribution is -2.04. The van der Waals surface area contributed by atoms with E-state index < -0.39 is 0 Å². The van der Waals surface area contributed by atoms with Crippen LogP contribution in [0.4, 0.5) is 0 Å². The van der Waals surface area contributed by atoms with Crippen molar-refractivity contribution >= 4 is 0 Å². The highest BCUT2D eigenvalue weighted by Gasteiger charge is 1.99. The van der Waals surface area contributed by atoms with Crippen molar-refractivity contribution in [3.8, 4) is 6.07 Å². The Morgan fingerprint density at radius 1 is 1.50 bits per heavy atom. The van der Waals surface area contributed by atoms with Gasteiger partial charge in [0.2, 0.25) is 0 Å². The Morgan fingerprint density at radius 2 is 2.25 bits per heavy atom. The Morgan fingerprint density at radius 3 is 2.83 bits per heavy atom. The lowest BCUT2D eigenvalue weighted by atomic mass is 10.0. The number of nitriles is 1. The smallest absolute Gasteiger partial charge is 0.0994 e. The van der Waals surface area contributed by atoms with Gasteiger partial charge in [0.25, 0.3) is 0 Å². The molecule has 0 spiro atoms. The molecule has 2 nitrogen and oxygen atoms in total. The summed E-state index contributed by atoms with van der Waals surface area (Å²) in [5, 5.41) is 8.75. The van der Waals surface area contributed by atoms with Gasteiger partial charge in [-0.1, -0.05) is 17.7 Å². The van der Waals surface area contributed by atoms with E-state index in [1.165, 1.54) is 5.56 Å². The van der Waals surface area contributed by atoms with E-state index in [1.807, 2.05) is 25.1 Å². The summed E-state index contributed by atoms with van der Waals surface area (Å²) in [6.45, 7) is 2.61. The molecule has 0 saturated heterocycles. The van der Waals surface area contributed by atoms with Gasteiger partial charge in [-0.2, -0.15) is 5.26 Å². The highest BCUT2D eigenvalue weighted by atomic mass is 14.5. The quantitative estimate of drug-likeness (QED) is 0.710. The van der Waals surface area contributed by atoms with Gasteiger partial charge in [-0.15, -0.1) is 0 Å². The van der Waals surface area contributed by atoms with E-state index >= 15 is 0 Å². The van der Waals surface area contributed by atoms with E-state index in [0.717, 1.165) is 17.5 Å². The number of benzene rings is 1. The van der Waals surface area contributed by atoms with E-state index in [-0.39, 0.29) is 0 Å². The predicted octanol–water partition coefficient (Wildman–Crippen LogP) is 1.37. The lowest BCUT2D eigenvalue weighted by molar-refractivity contribution is 0.962. The average molecular weight is 160 g/mol. The zero-order valence-electron chi connectivity index (χ0n) is 7.17. The minimum Gasteiger partial charge on any atom is -0.330 e. The van der Waals surface area contributed by atoms with Crippen molar-refractivity contribution in [2.24, 2.45) is 5.73 Å². The van der Waals surface area contributed by atoms with Crippen molar-refractivity contribution < 1.29 is 0 Å². The van der Waals surface area contributed by atoms with Crippen molar-refractivity contribution in [1.82, 2.24) is 0 Å². The first-order chi connectivity index (χ1) is 5.77. The fraction of sp³-hybridized carbons (Fsp3) is 0.300. The fourth-order valence-corrected chi connectivity index (χ4v) is 1.19. The van der Waals surface area contributed by atoms with Crippen LogP contribution in [0.5, 0.6) is 0 Å². The first-order valence-corrected chi connectivity index (χ1v) is 3.97. The molecule has 2 heteroatoms. The molecular formula is C10H12N2. The number of nitrogens with zero attached hydrogens (tertiary/aromatic N) is 1. The lowest BCUT2D eigenvalue weighted by Gasteiger charge is -2.02. The molecule has 0 aliphatic carbocycles. The van der Waals surface area contributed by atoms with Gasteiger partial charge in [-0.05, 0) is 31.5 Å². The molecule has 2 N–H and O–H groups in total. The molecule has 0 amide bonds. The molecule has 0 fully saturated rings. The summed E-state index contributed by atoms with van der Waals surface area (Å²) in [5.41, 5.74) is 8.40. The Bertz CT molecular complexity index is 310. The van der Waals surface area contributed by atoms with E-state index in [0.29, 0.717) is 6.54 Å². The topological polar surface area (TPSA) is 49.8 Å². The number of aryl methyl sites for hydroxylation is 1. The molecule has 0 bridgehead atoms. The fourth-order valence-electron chi connectivity index (χ4n) is 1.19. The number of hydrogen-bond acceptors (Lipinski definition) is 2. The monoisotopic (exact) mass is 160 g/mol. The normalized spacial score (nSPS) is 9.42. The molecule has 0 aromatic heterocycles. The summed E-state index contributed by atoms with van der Waals surface area (Å²) >= 11 is 0. The maximum Gasteiger partial charge on any atom is 0.0994 e. The molecule has 1 aromatic carbocycles. The van der Waals surface area contributed by atoms with Crippen molar-refractivity contribution in [2.75, 3.05) is 6.54 Å². The minimum atomic E-state index is 0.595. The molecule has 0 aliphatic heterocycles. The van der Waals surface area contributed by atoms with Crippen molar-refractivity contribution in [2.45, 2.75) is 13.3 Å². The van der Waals surface area contributed by atoms with Gasteiger partial charge in [0.15, 0.2) is 0 Å². The summed E-state index contributed by atoms with van der Waals surface area (Å²) in [5.74, 6) is 0. The zero-order valence-corrected chi connectivity index (χ0v) is 7.17. The molecule has 1 rings (SSSR count). The molecule has 0 saturated carbocycles. The highest BCUT2D eigenvalue weighted by Crippen LogP contribution is 2.10. The maximum absolute atomic E-state index is 8.75. The summed E-state index contributed by atoms with van der Waals surface area (Å²) in [6, 6.07) is 7.96. The first-order valence-electron chi connectivity index (χ1n) is 3.97. The van der Waals surface area contributed by atoms with Gasteiger partial charge < -0.3 is 5.73 Å². The Hall–Kier alpha value is -1.33. The van der Waals surface area contributed by atoms with Crippen LogP contribution in [0.15, 0.2) is 18.2 Å². The van der Waals surface area contributed by atoms with Crippen LogP contribution >= 0.6 is 0 Å². The summed E-state index contributed by atoms with van der Waals surface area (Å²) in [4.78, 5) is 0. The minimum absolute atomic E-state index is 0.595. The highest BCUT2D eigenvalue weighted by molar-refractivity contribution is 5.40. The molecule has 0 radical (unpaired) electrons. The number of nitrogens with two attached hydrogens (primary N) is 1. The summed E-state index contributed by atoms with van der Waals surface area (Å²) in [7, 11) is 0. The number of hydrogen-bond donors (Lipinski definition) is 1. The first kappa shape index (κ1) is 8.76. The maximum atomic E-state index is 8.75. The second-order valence-corrected chi connectivity index (χ2v) is 2.81. The van der Waals surface area contributed by atoms with Crippen molar-refractivity contribution in [3.63, 3.8) is 0 Å². The summed E-state index contributed by atoms with van der Waals surface area (Å²) < 4.78 is 0. The Labute approximate surface area is 72.6 Å². The van der Waals surface area contributed by atoms with Crippen LogP contribution in [0, 0.1) is 18.3 Å². The standard InChI is InChI=1S/C10H12N2/c1-8-2-3-10(7-12)9(6-8)4-5-11/h2-3,6H,4-5,11H2,1H3. The van der Waals surface area contributed by atoms with Crippen molar-refractivity contribution in [1.29, 1.82) is 5.26 Å². The Kier molecular flexibility index (Phi) is 2.84. The van der Waals surface area contributed by atoms with Gasteiger partial charge >= 0.3 is 0 Å². The largest absolute Gasteiger partial charge is 0.330 e. The third kappa shape index (κ3) is 1.84. The van der Waals surface area contributed by atoms with Crippen LogP contribution in [0.3, 0.4) is 0 Å². The van der Waals surface area contributed by atoms with Crippen LogP contribution in [-0.2, 0) is 6.42 Å². The zero-order chi connectivity index (χ0) is 8.97. The van der Waals surface area contributed by atoms with Crippen LogP contribution in [-0.4, -0.2) is 6.54 Å². The van der Waals surface area contributed by atoms with Gasteiger partial charge in [0, 0.05) is 0 Å². The average Bonchev–Trinajstić information content (AvgIpc) is 2.05. The predicted molar refractivity (Wildman–Crippen MR) is 48.7 cm³/mol. The van der Waals surface area contributed by atoms with Gasteiger partial charge in [-0.25, -0.2) is 0 Å². The van der Waals surface area contributed by atoms with Crippen molar-refractivity contribution in [3.05, 3.63) is 34.9 Å². The van der Waals surface area contributed by atoms with Crippen LogP contribution in [0.2, 0.25) is 0 Å². The third-order valence-corrected chi connectivity index (χ3v) is 1.79. The van der Waals surface area contributed by atoms with Crippen LogP contribution in [0.25, 0.3) is 0 Å². The van der Waals surface area contributed by atoms with Gasteiger partial charge in [-0.3, -0.25) is 0 Å². The van der Waals surface area contributed by atoms with Gasteiger partial charge in [0.1, 0.15) is 0 Å². The van der Waals surface area contributed by atoms with Crippen LogP contribution in [0.1, 0.15) is 16.7 Å². The molecule has 0 unspecified atom stereocenters. The SMILES string of the molecule is Cc1ccc(C#N)c(CCN)c1. The van der Waals surface area contributed by atoms with Crippen LogP contribution < -0.4 is 5.73 Å². The second-order valence-electron chi connectivity index (χ2n) is 2.81. The van der Waals surface area contributed by atoms with E-state index in [4.69, 9.17) is 11.0 Å². The molecule has 0 heterocycles. The summed E-state index contributed by atoms with van der Waals surface area (Å²) in [6.07, 6.45) is 0.782. The Balaban J connectivity index is 3.06. The van der Waals surface area contributed by atoms with E-state index in [9.17, 15) is 0 Å². The molecular weight excluding hydrogens is 148 g/mol. The second kappa shape index (κ2) is 3.89. The van der Waals surface area contributed by atoms with Gasteiger partial charge in [0.05, 0.1) is 11.6 Å². The van der Waals surface area contributed by atoms with E-state index in [1.54, 1.807) is 0 Å².